The summed E-state index contributed by atoms with van der Waals surface area (Å²) in [4.78, 5) is 38.7. The zero-order valence-electron chi connectivity index (χ0n) is 21.3. The van der Waals surface area contributed by atoms with E-state index in [1.807, 2.05) is 36.4 Å². The fourth-order valence-corrected chi connectivity index (χ4v) is 4.09. The highest BCUT2D eigenvalue weighted by molar-refractivity contribution is 9.10. The second-order valence-electron chi connectivity index (χ2n) is 10.4. The van der Waals surface area contributed by atoms with Crippen molar-refractivity contribution in [2.75, 3.05) is 11.9 Å². The summed E-state index contributed by atoms with van der Waals surface area (Å²) < 4.78 is 12.9. The van der Waals surface area contributed by atoms with Crippen molar-refractivity contribution in [3.8, 4) is 0 Å². The average Bonchev–Trinajstić information content (AvgIpc) is 3.10. The lowest BCUT2D eigenvalue weighted by atomic mass is 9.98. The van der Waals surface area contributed by atoms with Crippen LogP contribution >= 0.6 is 15.9 Å². The molecule has 1 atom stereocenters. The first-order valence-corrected chi connectivity index (χ1v) is 12.4. The number of amides is 2. The molecule has 8 nitrogen and oxygen atoms in total. The van der Waals surface area contributed by atoms with Crippen molar-refractivity contribution in [3.05, 3.63) is 64.8 Å². The van der Waals surface area contributed by atoms with Gasteiger partial charge in [0.15, 0.2) is 0 Å². The first kappa shape index (κ1) is 27.3. The Hall–Kier alpha value is -3.33. The number of anilines is 1. The van der Waals surface area contributed by atoms with Crippen molar-refractivity contribution in [2.45, 2.75) is 58.7 Å². The molecule has 0 aliphatic rings. The number of para-hydroxylation sites is 1. The second kappa shape index (κ2) is 10.7. The number of ether oxygens (including phenoxy) is 2. The molecule has 3 aromatic rings. The first-order valence-electron chi connectivity index (χ1n) is 11.6. The van der Waals surface area contributed by atoms with Crippen LogP contribution in [-0.4, -0.2) is 40.4 Å². The number of fused-ring (bicyclic) bond motifs is 1. The third-order valence-electron chi connectivity index (χ3n) is 4.99. The molecule has 1 aromatic heterocycles. The number of nitrogens with zero attached hydrogens (tertiary/aromatic N) is 1. The smallest absolute Gasteiger partial charge is 0.419 e. The summed E-state index contributed by atoms with van der Waals surface area (Å²) in [5.74, 6) is -1.06. The molecule has 1 heterocycles. The molecule has 192 valence electrons. The zero-order valence-corrected chi connectivity index (χ0v) is 22.9. The van der Waals surface area contributed by atoms with Crippen LogP contribution in [0.5, 0.6) is 0 Å². The van der Waals surface area contributed by atoms with Crippen molar-refractivity contribution in [2.24, 2.45) is 0 Å². The Kier molecular flexibility index (Phi) is 8.13. The van der Waals surface area contributed by atoms with E-state index in [1.165, 1.54) is 4.57 Å². The van der Waals surface area contributed by atoms with Gasteiger partial charge in [-0.2, -0.15) is 0 Å². The molecule has 36 heavy (non-hydrogen) atoms. The minimum Gasteiger partial charge on any atom is -0.444 e. The van der Waals surface area contributed by atoms with Crippen LogP contribution in [0, 0.1) is 0 Å². The Morgan fingerprint density at radius 3 is 2.17 bits per heavy atom. The van der Waals surface area contributed by atoms with Gasteiger partial charge in [0.1, 0.15) is 11.2 Å². The van der Waals surface area contributed by atoms with Gasteiger partial charge < -0.3 is 20.1 Å². The van der Waals surface area contributed by atoms with Crippen molar-refractivity contribution >= 4 is 50.6 Å². The second-order valence-corrected chi connectivity index (χ2v) is 11.2. The Morgan fingerprint density at radius 2 is 1.56 bits per heavy atom. The molecular weight excluding hydrogens is 526 g/mol. The van der Waals surface area contributed by atoms with E-state index in [9.17, 15) is 14.4 Å². The third-order valence-corrected chi connectivity index (χ3v) is 5.62. The van der Waals surface area contributed by atoms with Gasteiger partial charge in [-0.15, -0.1) is 0 Å². The number of hydrogen-bond acceptors (Lipinski definition) is 5. The number of carbonyl (C=O) groups is 3. The molecule has 0 unspecified atom stereocenters. The normalized spacial score (nSPS) is 12.6. The maximum atomic E-state index is 13.5. The van der Waals surface area contributed by atoms with Gasteiger partial charge in [-0.05, 0) is 69.1 Å². The molecule has 0 radical (unpaired) electrons. The highest BCUT2D eigenvalue weighted by atomic mass is 79.9. The van der Waals surface area contributed by atoms with Gasteiger partial charge in [0.05, 0.1) is 17.1 Å². The van der Waals surface area contributed by atoms with Gasteiger partial charge in [0.2, 0.25) is 5.91 Å². The maximum absolute atomic E-state index is 13.5. The molecule has 2 amide bonds. The molecule has 0 bridgehead atoms. The number of benzene rings is 2. The largest absolute Gasteiger partial charge is 0.444 e. The van der Waals surface area contributed by atoms with Gasteiger partial charge in [-0.25, -0.2) is 14.2 Å². The van der Waals surface area contributed by atoms with Crippen molar-refractivity contribution in [3.63, 3.8) is 0 Å². The first-order chi connectivity index (χ1) is 16.7. The van der Waals surface area contributed by atoms with Crippen LogP contribution in [0.3, 0.4) is 0 Å². The number of alkyl carbamates (subject to hydrolysis) is 1. The zero-order chi connectivity index (χ0) is 26.7. The van der Waals surface area contributed by atoms with E-state index in [4.69, 9.17) is 9.47 Å². The lowest BCUT2D eigenvalue weighted by molar-refractivity contribution is -0.117. The molecule has 2 aromatic carbocycles. The van der Waals surface area contributed by atoms with Gasteiger partial charge in [-0.1, -0.05) is 42.5 Å². The predicted molar refractivity (Wildman–Crippen MR) is 143 cm³/mol. The van der Waals surface area contributed by atoms with E-state index in [2.05, 4.69) is 26.6 Å². The Morgan fingerprint density at radius 1 is 0.917 bits per heavy atom. The summed E-state index contributed by atoms with van der Waals surface area (Å²) >= 11 is 3.49. The topological polar surface area (TPSA) is 98.7 Å². The van der Waals surface area contributed by atoms with Crippen LogP contribution in [-0.2, 0) is 14.3 Å². The van der Waals surface area contributed by atoms with Crippen LogP contribution in [0.25, 0.3) is 10.9 Å². The summed E-state index contributed by atoms with van der Waals surface area (Å²) in [6.07, 6.45) is 0.444. The van der Waals surface area contributed by atoms with E-state index >= 15 is 0 Å². The number of rotatable bonds is 5. The maximum Gasteiger partial charge on any atom is 0.419 e. The van der Waals surface area contributed by atoms with E-state index in [0.29, 0.717) is 15.7 Å². The Balaban J connectivity index is 1.92. The molecule has 9 heteroatoms. The third kappa shape index (κ3) is 7.10. The van der Waals surface area contributed by atoms with Crippen LogP contribution in [0.2, 0.25) is 0 Å². The molecule has 3 rings (SSSR count). The van der Waals surface area contributed by atoms with Crippen LogP contribution in [0.15, 0.2) is 59.2 Å². The lowest BCUT2D eigenvalue weighted by Crippen LogP contribution is -2.37. The average molecular weight is 558 g/mol. The van der Waals surface area contributed by atoms with Crippen LogP contribution in [0.1, 0.15) is 53.0 Å². The SMILES string of the molecule is CC(C)(C)OC(=O)NC[C@@H](C(=O)Nc1cccc2c(Br)cn(C(=O)OC(C)(C)C)c12)c1ccccc1. The molecule has 0 spiro atoms. The summed E-state index contributed by atoms with van der Waals surface area (Å²) in [6.45, 7) is 10.7. The minimum absolute atomic E-state index is 0.0253. The quantitative estimate of drug-likeness (QED) is 0.376. The van der Waals surface area contributed by atoms with Crippen molar-refractivity contribution in [1.29, 1.82) is 0 Å². The summed E-state index contributed by atoms with van der Waals surface area (Å²) in [7, 11) is 0. The molecule has 0 fully saturated rings. The summed E-state index contributed by atoms with van der Waals surface area (Å²) in [5, 5.41) is 6.38. The van der Waals surface area contributed by atoms with Gasteiger partial charge in [0.25, 0.3) is 0 Å². The van der Waals surface area contributed by atoms with Gasteiger partial charge in [0, 0.05) is 22.6 Å². The van der Waals surface area contributed by atoms with Crippen molar-refractivity contribution < 1.29 is 23.9 Å². The molecule has 0 saturated heterocycles. The molecule has 0 aliphatic carbocycles. The van der Waals surface area contributed by atoms with E-state index in [-0.39, 0.29) is 12.5 Å². The number of carbonyl (C=O) groups excluding carboxylic acids is 3. The molecule has 2 N–H and O–H groups in total. The highest BCUT2D eigenvalue weighted by Crippen LogP contribution is 2.33. The fraction of sp³-hybridized carbons (Fsp3) is 0.370. The van der Waals surface area contributed by atoms with E-state index < -0.39 is 29.3 Å². The highest BCUT2D eigenvalue weighted by Gasteiger charge is 2.26. The number of aromatic nitrogens is 1. The summed E-state index contributed by atoms with van der Waals surface area (Å²) in [5.41, 5.74) is 0.308. The minimum atomic E-state index is -0.706. The van der Waals surface area contributed by atoms with Gasteiger partial charge >= 0.3 is 12.2 Å². The van der Waals surface area contributed by atoms with Crippen molar-refractivity contribution in [1.82, 2.24) is 9.88 Å². The predicted octanol–water partition coefficient (Wildman–Crippen LogP) is 6.43. The number of halogens is 1. The molecular formula is C27H32BrN3O5. The van der Waals surface area contributed by atoms with Crippen LogP contribution in [0.4, 0.5) is 15.3 Å². The fourth-order valence-electron chi connectivity index (χ4n) is 3.57. The van der Waals surface area contributed by atoms with Gasteiger partial charge in [-0.3, -0.25) is 4.79 Å². The molecule has 0 saturated carbocycles. The summed E-state index contributed by atoms with van der Waals surface area (Å²) in [6, 6.07) is 14.5. The Labute approximate surface area is 219 Å². The Bertz CT molecular complexity index is 1260. The van der Waals surface area contributed by atoms with E-state index in [1.54, 1.807) is 59.9 Å². The van der Waals surface area contributed by atoms with Crippen LogP contribution < -0.4 is 10.6 Å². The molecule has 0 aliphatic heterocycles. The lowest BCUT2D eigenvalue weighted by Gasteiger charge is -2.22. The number of nitrogens with one attached hydrogen (secondary N) is 2. The standard InChI is InChI=1S/C27H32BrN3O5/c1-26(2,3)35-24(33)29-15-19(17-11-8-7-9-12-17)23(32)30-21-14-10-13-18-20(28)16-31(22(18)21)25(34)36-27(4,5)6/h7-14,16,19H,15H2,1-6H3,(H,29,33)(H,30,32)/t19-/m1/s1. The van der Waals surface area contributed by atoms with E-state index in [0.717, 1.165) is 10.9 Å². The number of hydrogen-bond donors (Lipinski definition) is 2. The monoisotopic (exact) mass is 557 g/mol.